The van der Waals surface area contributed by atoms with E-state index in [9.17, 15) is 0 Å². The molecule has 0 saturated heterocycles. The van der Waals surface area contributed by atoms with Gasteiger partial charge in [0, 0.05) is 26.0 Å². The van der Waals surface area contributed by atoms with E-state index < -0.39 is 0 Å². The second kappa shape index (κ2) is 12.6. The Hall–Kier alpha value is -4.67. The van der Waals surface area contributed by atoms with Crippen molar-refractivity contribution in [2.45, 2.75) is 52.4 Å². The Morgan fingerprint density at radius 1 is 0.640 bits per heavy atom. The Bertz CT molecular complexity index is 2400. The number of nitrogens with zero attached hydrogens (tertiary/aromatic N) is 6. The summed E-state index contributed by atoms with van der Waals surface area (Å²) in [5.41, 5.74) is 10.3. The third-order valence-corrected chi connectivity index (χ3v) is 10.9. The Morgan fingerprint density at radius 3 is 1.96 bits per heavy atom. The van der Waals surface area contributed by atoms with Gasteiger partial charge in [-0.25, -0.2) is 0 Å². The first-order valence-electron chi connectivity index (χ1n) is 17.1. The average molecular weight is 842 g/mol. The molecule has 0 aliphatic heterocycles. The molecule has 4 aromatic carbocycles. The Kier molecular flexibility index (Phi) is 8.51. The van der Waals surface area contributed by atoms with E-state index in [0.717, 1.165) is 43.4 Å². The van der Waals surface area contributed by atoms with Gasteiger partial charge in [-0.15, -0.1) is 0 Å². The summed E-state index contributed by atoms with van der Waals surface area (Å²) >= 11 is 2.40. The fraction of sp³-hybridized carbons (Fsp3) is 0.256. The van der Waals surface area contributed by atoms with Gasteiger partial charge < -0.3 is 4.90 Å². The van der Waals surface area contributed by atoms with Crippen molar-refractivity contribution in [3.8, 4) is 11.5 Å². The van der Waals surface area contributed by atoms with Crippen molar-refractivity contribution in [2.75, 3.05) is 23.9 Å². The van der Waals surface area contributed by atoms with Gasteiger partial charge in [-0.05, 0) is 6.07 Å². The summed E-state index contributed by atoms with van der Waals surface area (Å²) in [6.45, 7) is 13.9. The first-order chi connectivity index (χ1) is 23.7. The van der Waals surface area contributed by atoms with Crippen molar-refractivity contribution in [1.29, 1.82) is 0 Å². The van der Waals surface area contributed by atoms with Gasteiger partial charge in [0.25, 0.3) is 0 Å². The molecule has 0 amide bonds. The Balaban J connectivity index is 1.58. The molecule has 0 spiro atoms. The molecule has 0 bridgehead atoms. The van der Waals surface area contributed by atoms with Gasteiger partial charge in [0.05, 0.1) is 0 Å². The number of para-hydroxylation sites is 2. The van der Waals surface area contributed by atoms with Crippen LogP contribution < -0.4 is 9.80 Å². The zero-order chi connectivity index (χ0) is 35.5. The van der Waals surface area contributed by atoms with E-state index in [1.807, 2.05) is 6.20 Å². The number of aryl methyl sites for hydroxylation is 1. The summed E-state index contributed by atoms with van der Waals surface area (Å²) in [5.74, 6) is 0.897. The van der Waals surface area contributed by atoms with Crippen LogP contribution in [-0.2, 0) is 37.2 Å². The first kappa shape index (κ1) is 33.8. The molecule has 0 aliphatic carbocycles. The van der Waals surface area contributed by atoms with E-state index in [2.05, 4.69) is 215 Å². The molecule has 0 N–H and O–H groups in total. The molecular weight excluding hydrogens is 796 g/mol. The fourth-order valence-corrected chi connectivity index (χ4v) is 7.60. The van der Waals surface area contributed by atoms with Gasteiger partial charge in [-0.1, -0.05) is 12.1 Å². The monoisotopic (exact) mass is 841 g/mol. The number of imidazole rings is 1. The van der Waals surface area contributed by atoms with Crippen molar-refractivity contribution < 1.29 is 19.4 Å². The third kappa shape index (κ3) is 5.94. The van der Waals surface area contributed by atoms with Crippen LogP contribution in [0.3, 0.4) is 0 Å². The SMILES string of the molecule is CN(C)c1ccnc(-n2c3ccccc3c3ccc(N(c4cccc(-n5ccn(C)[c]5=[Pt])c4)c4c(C(C)(C)C)cccc4C(C)(C)C)cc32)c1. The number of benzene rings is 4. The van der Waals surface area contributed by atoms with E-state index in [1.54, 1.807) is 0 Å². The Labute approximate surface area is 306 Å². The van der Waals surface area contributed by atoms with E-state index in [-0.39, 0.29) is 10.8 Å². The molecule has 0 saturated carbocycles. The fourth-order valence-electron chi connectivity index (χ4n) is 6.97. The van der Waals surface area contributed by atoms with Gasteiger partial charge in [0.2, 0.25) is 0 Å². The zero-order valence-corrected chi connectivity index (χ0v) is 32.7. The summed E-state index contributed by atoms with van der Waals surface area (Å²) in [6, 6.07) is 35.6. The first-order valence-corrected chi connectivity index (χ1v) is 18.3. The number of hydrogen-bond donors (Lipinski definition) is 0. The number of rotatable bonds is 6. The van der Waals surface area contributed by atoms with Gasteiger partial charge in [0.1, 0.15) is 0 Å². The predicted octanol–water partition coefficient (Wildman–Crippen LogP) is 10.5. The second-order valence-electron chi connectivity index (χ2n) is 15.4. The molecular formula is C43H46N6Pt. The molecule has 0 fully saturated rings. The van der Waals surface area contributed by atoms with E-state index in [4.69, 9.17) is 4.98 Å². The van der Waals surface area contributed by atoms with Crippen LogP contribution >= 0.6 is 0 Å². The molecule has 258 valence electrons. The molecule has 50 heavy (non-hydrogen) atoms. The van der Waals surface area contributed by atoms with Gasteiger partial charge in [-0.3, -0.25) is 0 Å². The van der Waals surface area contributed by atoms with E-state index in [0.29, 0.717) is 0 Å². The molecule has 7 rings (SSSR count). The minimum absolute atomic E-state index is 0.106. The van der Waals surface area contributed by atoms with Crippen molar-refractivity contribution in [1.82, 2.24) is 18.7 Å². The normalized spacial score (nSPS) is 12.2. The maximum atomic E-state index is 4.92. The van der Waals surface area contributed by atoms with Crippen LogP contribution in [0.1, 0.15) is 52.7 Å². The van der Waals surface area contributed by atoms with Crippen LogP contribution in [0.5, 0.6) is 0 Å². The summed E-state index contributed by atoms with van der Waals surface area (Å²) < 4.78 is 7.84. The van der Waals surface area contributed by atoms with Crippen LogP contribution in [0.15, 0.2) is 116 Å². The quantitative estimate of drug-likeness (QED) is 0.167. The second-order valence-corrected chi connectivity index (χ2v) is 16.4. The average Bonchev–Trinajstić information content (AvgIpc) is 3.59. The molecule has 0 unspecified atom stereocenters. The minimum atomic E-state index is -0.106. The molecule has 0 aliphatic rings. The Morgan fingerprint density at radius 2 is 1.30 bits per heavy atom. The molecule has 3 heterocycles. The number of pyridine rings is 1. The third-order valence-electron chi connectivity index (χ3n) is 9.52. The van der Waals surface area contributed by atoms with Crippen LogP contribution in [0.25, 0.3) is 33.3 Å². The van der Waals surface area contributed by atoms with Gasteiger partial charge in [-0.2, -0.15) is 0 Å². The van der Waals surface area contributed by atoms with E-state index in [1.165, 1.54) is 27.6 Å². The van der Waals surface area contributed by atoms with Crippen LogP contribution in [-0.4, -0.2) is 32.8 Å². The standard InChI is InChI=1S/C43H46N6.Pt/c1-42(2,3)36-17-13-18-37(43(4,5)6)41(36)48(32-15-12-14-31(26-32)47-25-24-46(9)29-47)33-20-21-35-34-16-10-11-19-38(34)49(39(35)27-33)40-28-30(45(7)8)22-23-44-40;/h10-28H,1-9H3;. The maximum absolute atomic E-state index is 4.92. The van der Waals surface area contributed by atoms with Crippen molar-refractivity contribution in [3.63, 3.8) is 0 Å². The van der Waals surface area contributed by atoms with Crippen molar-refractivity contribution in [2.24, 2.45) is 7.05 Å². The zero-order valence-electron chi connectivity index (χ0n) is 30.5. The summed E-state index contributed by atoms with van der Waals surface area (Å²) in [7, 11) is 6.23. The molecule has 7 heteroatoms. The van der Waals surface area contributed by atoms with Crippen molar-refractivity contribution in [3.05, 3.63) is 131 Å². The van der Waals surface area contributed by atoms with Crippen molar-refractivity contribution >= 4 is 44.6 Å². The number of hydrogen-bond acceptors (Lipinski definition) is 3. The van der Waals surface area contributed by atoms with Gasteiger partial charge in [0.15, 0.2) is 0 Å². The summed E-state index contributed by atoms with van der Waals surface area (Å²) in [4.78, 5) is 9.54. The molecule has 0 radical (unpaired) electrons. The predicted molar refractivity (Wildman–Crippen MR) is 207 cm³/mol. The molecule has 3 aromatic heterocycles. The number of aromatic nitrogens is 4. The number of fused-ring (bicyclic) bond motifs is 3. The topological polar surface area (TPSA) is 34.2 Å². The van der Waals surface area contributed by atoms with E-state index >= 15 is 0 Å². The van der Waals surface area contributed by atoms with Gasteiger partial charge >= 0.3 is 259 Å². The summed E-state index contributed by atoms with van der Waals surface area (Å²) in [6.07, 6.45) is 6.14. The molecule has 0 atom stereocenters. The summed E-state index contributed by atoms with van der Waals surface area (Å²) in [5, 5.41) is 2.41. The van der Waals surface area contributed by atoms with Crippen LogP contribution in [0.2, 0.25) is 0 Å². The van der Waals surface area contributed by atoms with Crippen LogP contribution in [0.4, 0.5) is 22.7 Å². The molecule has 6 nitrogen and oxygen atoms in total. The van der Waals surface area contributed by atoms with Crippen LogP contribution in [0, 0.1) is 3.80 Å². The molecule has 7 aromatic rings. The number of anilines is 4.